The first-order chi connectivity index (χ1) is 8.56. The van der Waals surface area contributed by atoms with Gasteiger partial charge in [-0.05, 0) is 30.7 Å². The van der Waals surface area contributed by atoms with Gasteiger partial charge in [0.1, 0.15) is 5.75 Å². The molecule has 4 heteroatoms. The molecule has 1 N–H and O–H groups in total. The van der Waals surface area contributed by atoms with Crippen molar-refractivity contribution in [1.82, 2.24) is 0 Å². The number of carbonyl (C=O) groups is 1. The van der Waals surface area contributed by atoms with Gasteiger partial charge in [-0.25, -0.2) is 0 Å². The van der Waals surface area contributed by atoms with Crippen LogP contribution in [0, 0.1) is 10.8 Å². The van der Waals surface area contributed by atoms with Crippen LogP contribution in [0.3, 0.4) is 0 Å². The molecule has 1 heterocycles. The minimum absolute atomic E-state index is 0.0466. The zero-order valence-electron chi connectivity index (χ0n) is 10.6. The van der Waals surface area contributed by atoms with Crippen LogP contribution in [0.1, 0.15) is 13.3 Å². The molecule has 0 spiro atoms. The van der Waals surface area contributed by atoms with Gasteiger partial charge in [-0.3, -0.25) is 4.79 Å². The second-order valence-electron chi connectivity index (χ2n) is 5.57. The maximum atomic E-state index is 12.4. The number of anilines is 1. The Bertz CT molecular complexity index is 498. The second kappa shape index (κ2) is 3.48. The summed E-state index contributed by atoms with van der Waals surface area (Å²) in [7, 11) is 1.62. The average molecular weight is 247 g/mol. The summed E-state index contributed by atoms with van der Waals surface area (Å²) in [5, 5.41) is 9.48. The molecule has 1 aromatic rings. The van der Waals surface area contributed by atoms with Gasteiger partial charge in [-0.15, -0.1) is 0 Å². The van der Waals surface area contributed by atoms with E-state index >= 15 is 0 Å². The maximum Gasteiger partial charge on any atom is 0.236 e. The zero-order chi connectivity index (χ0) is 13.0. The van der Waals surface area contributed by atoms with Gasteiger partial charge in [-0.1, -0.05) is 6.92 Å². The maximum absolute atomic E-state index is 12.4. The van der Waals surface area contributed by atoms with E-state index in [0.29, 0.717) is 6.54 Å². The van der Waals surface area contributed by atoms with Gasteiger partial charge in [-0.2, -0.15) is 0 Å². The Balaban J connectivity index is 1.89. The highest BCUT2D eigenvalue weighted by Gasteiger charge is 2.74. The van der Waals surface area contributed by atoms with Crippen LogP contribution >= 0.6 is 0 Å². The number of benzene rings is 1. The predicted octanol–water partition coefficient (Wildman–Crippen LogP) is 1.43. The molecule has 0 bridgehead atoms. The molecule has 0 unspecified atom stereocenters. The summed E-state index contributed by atoms with van der Waals surface area (Å²) in [6, 6.07) is 7.47. The highest BCUT2D eigenvalue weighted by Crippen LogP contribution is 2.68. The highest BCUT2D eigenvalue weighted by atomic mass is 16.5. The third kappa shape index (κ3) is 1.27. The van der Waals surface area contributed by atoms with Crippen molar-refractivity contribution in [2.75, 3.05) is 25.2 Å². The van der Waals surface area contributed by atoms with E-state index in [2.05, 4.69) is 6.92 Å². The summed E-state index contributed by atoms with van der Waals surface area (Å²) in [4.78, 5) is 14.2. The van der Waals surface area contributed by atoms with Crippen molar-refractivity contribution in [3.63, 3.8) is 0 Å². The van der Waals surface area contributed by atoms with Gasteiger partial charge >= 0.3 is 0 Å². The van der Waals surface area contributed by atoms with Crippen molar-refractivity contribution in [1.29, 1.82) is 0 Å². The summed E-state index contributed by atoms with van der Waals surface area (Å²) in [6.45, 7) is 2.72. The van der Waals surface area contributed by atoms with Gasteiger partial charge in [0.2, 0.25) is 5.91 Å². The lowest BCUT2D eigenvalue weighted by Crippen LogP contribution is -2.33. The monoisotopic (exact) mass is 247 g/mol. The molecular weight excluding hydrogens is 230 g/mol. The standard InChI is InChI=1S/C14H17NO3/c1-13-7-14(13,9-16)12(17)15(8-13)10-3-5-11(18-2)6-4-10/h3-6,16H,7-9H2,1-2H3/t13-,14-/m0/s1. The van der Waals surface area contributed by atoms with Crippen LogP contribution in [0.15, 0.2) is 24.3 Å². The van der Waals surface area contributed by atoms with Crippen LogP contribution in [-0.4, -0.2) is 31.3 Å². The molecule has 1 aliphatic carbocycles. The molecule has 4 nitrogen and oxygen atoms in total. The van der Waals surface area contributed by atoms with E-state index < -0.39 is 5.41 Å². The fraction of sp³-hybridized carbons (Fsp3) is 0.500. The Labute approximate surface area is 106 Å². The largest absolute Gasteiger partial charge is 0.497 e. The molecule has 2 aliphatic rings. The molecule has 18 heavy (non-hydrogen) atoms. The SMILES string of the molecule is COc1ccc(N2C[C@]3(C)C[C@]3(CO)C2=O)cc1. The van der Waals surface area contributed by atoms with E-state index in [1.807, 2.05) is 24.3 Å². The number of aliphatic hydroxyl groups is 1. The number of carbonyl (C=O) groups excluding carboxylic acids is 1. The molecule has 2 atom stereocenters. The first-order valence-electron chi connectivity index (χ1n) is 6.13. The molecule has 1 saturated carbocycles. The minimum atomic E-state index is -0.521. The third-order valence-electron chi connectivity index (χ3n) is 4.54. The van der Waals surface area contributed by atoms with Crippen molar-refractivity contribution >= 4 is 11.6 Å². The van der Waals surface area contributed by atoms with Gasteiger partial charge in [0.05, 0.1) is 19.1 Å². The van der Waals surface area contributed by atoms with Gasteiger partial charge in [0.15, 0.2) is 0 Å². The molecule has 1 aliphatic heterocycles. The van der Waals surface area contributed by atoms with Crippen molar-refractivity contribution in [2.24, 2.45) is 10.8 Å². The Morgan fingerprint density at radius 3 is 2.56 bits per heavy atom. The summed E-state index contributed by atoms with van der Waals surface area (Å²) in [5.74, 6) is 0.830. The third-order valence-corrected chi connectivity index (χ3v) is 4.54. The number of piperidine rings is 1. The van der Waals surface area contributed by atoms with Crippen LogP contribution in [0.2, 0.25) is 0 Å². The van der Waals surface area contributed by atoms with Crippen LogP contribution in [0.5, 0.6) is 5.75 Å². The smallest absolute Gasteiger partial charge is 0.236 e. The number of hydrogen-bond donors (Lipinski definition) is 1. The summed E-state index contributed by atoms with van der Waals surface area (Å²) < 4.78 is 5.11. The molecule has 2 fully saturated rings. The van der Waals surface area contributed by atoms with Crippen LogP contribution in [0.4, 0.5) is 5.69 Å². The summed E-state index contributed by atoms with van der Waals surface area (Å²) >= 11 is 0. The van der Waals surface area contributed by atoms with Crippen molar-refractivity contribution in [3.05, 3.63) is 24.3 Å². The fourth-order valence-electron chi connectivity index (χ4n) is 3.13. The van der Waals surface area contributed by atoms with E-state index in [9.17, 15) is 9.90 Å². The van der Waals surface area contributed by atoms with Crippen molar-refractivity contribution in [3.8, 4) is 5.75 Å². The Morgan fingerprint density at radius 1 is 1.39 bits per heavy atom. The Kier molecular flexibility index (Phi) is 2.23. The number of methoxy groups -OCH3 is 1. The van der Waals surface area contributed by atoms with Gasteiger partial charge < -0.3 is 14.7 Å². The first-order valence-corrected chi connectivity index (χ1v) is 6.13. The second-order valence-corrected chi connectivity index (χ2v) is 5.57. The van der Waals surface area contributed by atoms with E-state index in [4.69, 9.17) is 4.74 Å². The number of hydrogen-bond acceptors (Lipinski definition) is 3. The summed E-state index contributed by atoms with van der Waals surface area (Å²) in [6.07, 6.45) is 0.808. The molecule has 0 radical (unpaired) electrons. The van der Waals surface area contributed by atoms with Gasteiger partial charge in [0.25, 0.3) is 0 Å². The number of amides is 1. The predicted molar refractivity (Wildman–Crippen MR) is 67.6 cm³/mol. The highest BCUT2D eigenvalue weighted by molar-refractivity contribution is 6.04. The number of rotatable bonds is 3. The van der Waals surface area contributed by atoms with E-state index in [1.54, 1.807) is 12.0 Å². The number of fused-ring (bicyclic) bond motifs is 1. The van der Waals surface area contributed by atoms with Crippen LogP contribution in [-0.2, 0) is 4.79 Å². The minimum Gasteiger partial charge on any atom is -0.497 e. The zero-order valence-corrected chi connectivity index (χ0v) is 10.6. The normalized spacial score (nSPS) is 33.5. The Hall–Kier alpha value is -1.55. The van der Waals surface area contributed by atoms with E-state index in [1.165, 1.54) is 0 Å². The summed E-state index contributed by atoms with van der Waals surface area (Å²) in [5.41, 5.74) is 0.299. The lowest BCUT2D eigenvalue weighted by Gasteiger charge is -2.21. The Morgan fingerprint density at radius 2 is 2.06 bits per heavy atom. The fourth-order valence-corrected chi connectivity index (χ4v) is 3.13. The number of ether oxygens (including phenoxy) is 1. The molecule has 1 amide bonds. The quantitative estimate of drug-likeness (QED) is 0.879. The molecule has 1 aromatic carbocycles. The lowest BCUT2D eigenvalue weighted by atomic mass is 9.99. The number of aliphatic hydroxyl groups excluding tert-OH is 1. The number of nitrogens with zero attached hydrogens (tertiary/aromatic N) is 1. The van der Waals surface area contributed by atoms with Crippen LogP contribution < -0.4 is 9.64 Å². The lowest BCUT2D eigenvalue weighted by molar-refractivity contribution is -0.123. The van der Waals surface area contributed by atoms with Crippen molar-refractivity contribution in [2.45, 2.75) is 13.3 Å². The molecule has 96 valence electrons. The molecular formula is C14H17NO3. The molecule has 1 saturated heterocycles. The van der Waals surface area contributed by atoms with Gasteiger partial charge in [0, 0.05) is 17.6 Å². The average Bonchev–Trinajstić information content (AvgIpc) is 2.95. The first kappa shape index (κ1) is 11.5. The molecule has 3 rings (SSSR count). The van der Waals surface area contributed by atoms with E-state index in [-0.39, 0.29) is 17.9 Å². The molecule has 0 aromatic heterocycles. The van der Waals surface area contributed by atoms with E-state index in [0.717, 1.165) is 17.9 Å². The van der Waals surface area contributed by atoms with Crippen molar-refractivity contribution < 1.29 is 14.6 Å². The van der Waals surface area contributed by atoms with Crippen LogP contribution in [0.25, 0.3) is 0 Å². The topological polar surface area (TPSA) is 49.8 Å².